The second-order valence-corrected chi connectivity index (χ2v) is 10.1. The van der Waals surface area contributed by atoms with Crippen molar-refractivity contribution in [1.82, 2.24) is 10.2 Å². The summed E-state index contributed by atoms with van der Waals surface area (Å²) >= 11 is 12.1. The van der Waals surface area contributed by atoms with Crippen LogP contribution in [0, 0.1) is 0 Å². The van der Waals surface area contributed by atoms with E-state index < -0.39 is 9.84 Å². The maximum Gasteiger partial charge on any atom is 0.224 e. The molecule has 1 saturated heterocycles. The van der Waals surface area contributed by atoms with Crippen LogP contribution in [-0.4, -0.2) is 57.8 Å². The molecule has 1 amide bonds. The largest absolute Gasteiger partial charge is 0.374 e. The molecule has 1 aliphatic rings. The first-order valence-corrected chi connectivity index (χ1v) is 12.2. The fraction of sp³-hybridized carbons (Fsp3) is 0.381. The Morgan fingerprint density at radius 1 is 1.20 bits per heavy atom. The van der Waals surface area contributed by atoms with Crippen molar-refractivity contribution in [2.24, 2.45) is 0 Å². The molecule has 1 aliphatic heterocycles. The van der Waals surface area contributed by atoms with Gasteiger partial charge in [0.2, 0.25) is 5.91 Å². The number of morpholine rings is 1. The Labute approximate surface area is 187 Å². The molecular formula is C21H24Cl2N2O4S. The summed E-state index contributed by atoms with van der Waals surface area (Å²) in [6.07, 6.45) is 1.00. The summed E-state index contributed by atoms with van der Waals surface area (Å²) in [6.45, 7) is 3.09. The monoisotopic (exact) mass is 470 g/mol. The number of hydrogen-bond donors (Lipinski definition) is 1. The Bertz CT molecular complexity index is 1010. The number of carbonyl (C=O) groups excluding carboxylic acids is 1. The fourth-order valence-corrected chi connectivity index (χ4v) is 4.68. The molecule has 30 heavy (non-hydrogen) atoms. The van der Waals surface area contributed by atoms with Crippen molar-refractivity contribution in [2.75, 3.05) is 32.5 Å². The minimum atomic E-state index is -3.39. The number of carbonyl (C=O) groups is 1. The average Bonchev–Trinajstić information content (AvgIpc) is 2.69. The Balaban J connectivity index is 1.52. The predicted octanol–water partition coefficient (Wildman–Crippen LogP) is 2.96. The SMILES string of the molecule is CS(=O)(=O)c1ccccc1CC(=O)NCC1CN(Cc2ccc(Cl)c(Cl)c2)CCO1. The van der Waals surface area contributed by atoms with Crippen LogP contribution in [0.2, 0.25) is 10.0 Å². The molecule has 1 fully saturated rings. The molecule has 0 bridgehead atoms. The summed E-state index contributed by atoms with van der Waals surface area (Å²) in [6, 6.07) is 12.1. The highest BCUT2D eigenvalue weighted by molar-refractivity contribution is 7.90. The number of benzene rings is 2. The number of hydrogen-bond acceptors (Lipinski definition) is 5. The molecule has 2 aromatic rings. The summed E-state index contributed by atoms with van der Waals surface area (Å²) in [5, 5.41) is 3.91. The van der Waals surface area contributed by atoms with Gasteiger partial charge in [-0.1, -0.05) is 47.5 Å². The molecule has 0 aromatic heterocycles. The zero-order valence-corrected chi connectivity index (χ0v) is 18.9. The van der Waals surface area contributed by atoms with Crippen LogP contribution in [0.1, 0.15) is 11.1 Å². The van der Waals surface area contributed by atoms with Crippen molar-refractivity contribution in [1.29, 1.82) is 0 Å². The van der Waals surface area contributed by atoms with Crippen LogP contribution in [0.3, 0.4) is 0 Å². The Kier molecular flexibility index (Phi) is 7.76. The van der Waals surface area contributed by atoms with Crippen molar-refractivity contribution in [3.05, 3.63) is 63.6 Å². The number of rotatable bonds is 7. The maximum atomic E-state index is 12.4. The molecule has 162 valence electrons. The number of ether oxygens (including phenoxy) is 1. The van der Waals surface area contributed by atoms with Crippen LogP contribution in [-0.2, 0) is 32.3 Å². The lowest BCUT2D eigenvalue weighted by molar-refractivity contribution is -0.121. The molecule has 0 spiro atoms. The Morgan fingerprint density at radius 3 is 2.70 bits per heavy atom. The summed E-state index contributed by atoms with van der Waals surface area (Å²) in [5.41, 5.74) is 1.55. The van der Waals surface area contributed by atoms with Gasteiger partial charge in [-0.3, -0.25) is 9.69 Å². The van der Waals surface area contributed by atoms with E-state index in [4.69, 9.17) is 27.9 Å². The molecule has 0 aliphatic carbocycles. The number of amides is 1. The van der Waals surface area contributed by atoms with Gasteiger partial charge in [-0.2, -0.15) is 0 Å². The molecule has 2 aromatic carbocycles. The van der Waals surface area contributed by atoms with Crippen molar-refractivity contribution in [3.8, 4) is 0 Å². The molecule has 9 heteroatoms. The predicted molar refractivity (Wildman–Crippen MR) is 118 cm³/mol. The normalized spacial score (nSPS) is 17.6. The van der Waals surface area contributed by atoms with E-state index in [-0.39, 0.29) is 23.3 Å². The first-order chi connectivity index (χ1) is 14.2. The molecule has 1 heterocycles. The highest BCUT2D eigenvalue weighted by atomic mass is 35.5. The summed E-state index contributed by atoms with van der Waals surface area (Å²) in [5.74, 6) is -0.240. The molecule has 3 rings (SSSR count). The summed E-state index contributed by atoms with van der Waals surface area (Å²) in [4.78, 5) is 14.8. The van der Waals surface area contributed by atoms with Crippen molar-refractivity contribution >= 4 is 38.9 Å². The first-order valence-electron chi connectivity index (χ1n) is 9.55. The lowest BCUT2D eigenvalue weighted by Crippen LogP contribution is -2.47. The van der Waals surface area contributed by atoms with Crippen molar-refractivity contribution in [2.45, 2.75) is 24.0 Å². The lowest BCUT2D eigenvalue weighted by atomic mass is 10.1. The van der Waals surface area contributed by atoms with Crippen LogP contribution in [0.25, 0.3) is 0 Å². The highest BCUT2D eigenvalue weighted by Gasteiger charge is 2.22. The summed E-state index contributed by atoms with van der Waals surface area (Å²) < 4.78 is 29.6. The van der Waals surface area contributed by atoms with Crippen LogP contribution in [0.4, 0.5) is 0 Å². The van der Waals surface area contributed by atoms with Gasteiger partial charge in [0.05, 0.1) is 34.1 Å². The lowest BCUT2D eigenvalue weighted by Gasteiger charge is -2.33. The topological polar surface area (TPSA) is 75.7 Å². The molecule has 1 atom stereocenters. The van der Waals surface area contributed by atoms with Crippen LogP contribution in [0.5, 0.6) is 0 Å². The molecule has 0 saturated carbocycles. The molecular weight excluding hydrogens is 447 g/mol. The fourth-order valence-electron chi connectivity index (χ4n) is 3.42. The van der Waals surface area contributed by atoms with E-state index in [0.717, 1.165) is 18.4 Å². The third-order valence-electron chi connectivity index (χ3n) is 4.86. The van der Waals surface area contributed by atoms with E-state index in [1.807, 2.05) is 12.1 Å². The van der Waals surface area contributed by atoms with Gasteiger partial charge < -0.3 is 10.1 Å². The van der Waals surface area contributed by atoms with Gasteiger partial charge in [-0.15, -0.1) is 0 Å². The molecule has 1 N–H and O–H groups in total. The van der Waals surface area contributed by atoms with E-state index in [9.17, 15) is 13.2 Å². The number of sulfone groups is 1. The van der Waals surface area contributed by atoms with Crippen molar-refractivity contribution < 1.29 is 17.9 Å². The Hall–Kier alpha value is -1.64. The summed E-state index contributed by atoms with van der Waals surface area (Å²) in [7, 11) is -3.39. The quantitative estimate of drug-likeness (QED) is 0.672. The van der Waals surface area contributed by atoms with E-state index >= 15 is 0 Å². The zero-order valence-electron chi connectivity index (χ0n) is 16.6. The third-order valence-corrected chi connectivity index (χ3v) is 6.80. The minimum Gasteiger partial charge on any atom is -0.374 e. The van der Waals surface area contributed by atoms with E-state index in [1.165, 1.54) is 6.07 Å². The second-order valence-electron chi connectivity index (χ2n) is 7.34. The molecule has 1 unspecified atom stereocenters. The minimum absolute atomic E-state index is 0.00293. The van der Waals surface area contributed by atoms with Gasteiger partial charge >= 0.3 is 0 Å². The number of halogens is 2. The van der Waals surface area contributed by atoms with Gasteiger partial charge in [-0.05, 0) is 29.3 Å². The third kappa shape index (κ3) is 6.43. The molecule has 6 nitrogen and oxygen atoms in total. The maximum absolute atomic E-state index is 12.4. The van der Waals surface area contributed by atoms with Gasteiger partial charge in [0.1, 0.15) is 0 Å². The van der Waals surface area contributed by atoms with Crippen LogP contribution < -0.4 is 5.32 Å². The Morgan fingerprint density at radius 2 is 1.97 bits per heavy atom. The van der Waals surface area contributed by atoms with Crippen LogP contribution in [0.15, 0.2) is 47.4 Å². The van der Waals surface area contributed by atoms with Gasteiger partial charge in [0, 0.05) is 32.4 Å². The number of nitrogens with one attached hydrogen (secondary N) is 1. The van der Waals surface area contributed by atoms with Gasteiger partial charge in [0.15, 0.2) is 9.84 Å². The molecule has 0 radical (unpaired) electrons. The zero-order chi connectivity index (χ0) is 21.7. The van der Waals surface area contributed by atoms with E-state index in [2.05, 4.69) is 10.2 Å². The first kappa shape index (κ1) is 23.0. The number of nitrogens with zero attached hydrogens (tertiary/aromatic N) is 1. The van der Waals surface area contributed by atoms with Gasteiger partial charge in [0.25, 0.3) is 0 Å². The smallest absolute Gasteiger partial charge is 0.224 e. The standard InChI is InChI=1S/C21H24Cl2N2O4S/c1-30(27,28)20-5-3-2-4-16(20)11-21(26)24-12-17-14-25(8-9-29-17)13-15-6-7-18(22)19(23)10-15/h2-7,10,17H,8-9,11-14H2,1H3,(H,24,26). The van der Waals surface area contributed by atoms with Gasteiger partial charge in [-0.25, -0.2) is 8.42 Å². The average molecular weight is 471 g/mol. The highest BCUT2D eigenvalue weighted by Crippen LogP contribution is 2.23. The second kappa shape index (κ2) is 10.1. The van der Waals surface area contributed by atoms with E-state index in [0.29, 0.717) is 41.8 Å². The van der Waals surface area contributed by atoms with Crippen molar-refractivity contribution in [3.63, 3.8) is 0 Å². The van der Waals surface area contributed by atoms with Crippen LogP contribution >= 0.6 is 23.2 Å². The van der Waals surface area contributed by atoms with E-state index in [1.54, 1.807) is 24.3 Å².